The molecular weight excluding hydrogens is 270 g/mol. The summed E-state index contributed by atoms with van der Waals surface area (Å²) >= 11 is 5.41. The van der Waals surface area contributed by atoms with Gasteiger partial charge in [0.2, 0.25) is 0 Å². The van der Waals surface area contributed by atoms with E-state index in [-0.39, 0.29) is 0 Å². The van der Waals surface area contributed by atoms with Crippen molar-refractivity contribution in [3.05, 3.63) is 20.8 Å². The number of rotatable bonds is 4. The van der Waals surface area contributed by atoms with E-state index in [9.17, 15) is 0 Å². The first kappa shape index (κ1) is 11.6. The molecule has 1 aromatic heterocycles. The van der Waals surface area contributed by atoms with E-state index in [1.165, 1.54) is 34.3 Å². The smallest absolute Gasteiger partial charge is 0.0701 e. The Kier molecular flexibility index (Phi) is 4.23. The number of thiophene rings is 1. The second-order valence-electron chi connectivity index (χ2n) is 4.34. The van der Waals surface area contributed by atoms with E-state index in [4.69, 9.17) is 0 Å². The Balaban J connectivity index is 1.82. The van der Waals surface area contributed by atoms with Crippen LogP contribution in [0, 0.1) is 5.92 Å². The number of hydrogen-bond acceptors (Lipinski definition) is 2. The van der Waals surface area contributed by atoms with Crippen LogP contribution in [-0.2, 0) is 6.42 Å². The van der Waals surface area contributed by atoms with E-state index in [1.54, 1.807) is 0 Å². The molecule has 1 saturated carbocycles. The van der Waals surface area contributed by atoms with Crippen LogP contribution in [0.2, 0.25) is 0 Å². The average Bonchev–Trinajstić information content (AvgIpc) is 2.78. The third kappa shape index (κ3) is 3.30. The minimum absolute atomic E-state index is 0.781. The first-order chi connectivity index (χ1) is 7.28. The van der Waals surface area contributed by atoms with Gasteiger partial charge in [0.05, 0.1) is 3.79 Å². The summed E-state index contributed by atoms with van der Waals surface area (Å²) in [5, 5.41) is 3.56. The quantitative estimate of drug-likeness (QED) is 0.888. The molecule has 0 spiro atoms. The van der Waals surface area contributed by atoms with Crippen LogP contribution in [-0.4, -0.2) is 12.6 Å². The lowest BCUT2D eigenvalue weighted by molar-refractivity contribution is 0.495. The highest BCUT2D eigenvalue weighted by molar-refractivity contribution is 9.11. The molecule has 0 amide bonds. The molecule has 1 aromatic rings. The number of hydrogen-bond donors (Lipinski definition) is 1. The second kappa shape index (κ2) is 5.46. The molecule has 1 heterocycles. The lowest BCUT2D eigenvalue weighted by Crippen LogP contribution is -2.25. The fourth-order valence-electron chi connectivity index (χ4n) is 2.48. The van der Waals surface area contributed by atoms with Crippen molar-refractivity contribution in [1.82, 2.24) is 5.32 Å². The Bertz CT molecular complexity index is 310. The van der Waals surface area contributed by atoms with Gasteiger partial charge in [0.25, 0.3) is 0 Å². The predicted molar refractivity (Wildman–Crippen MR) is 70.5 cm³/mol. The van der Waals surface area contributed by atoms with Crippen LogP contribution >= 0.6 is 27.3 Å². The molecule has 0 aliphatic heterocycles. The molecule has 2 rings (SSSR count). The zero-order chi connectivity index (χ0) is 10.7. The van der Waals surface area contributed by atoms with E-state index in [2.05, 4.69) is 40.3 Å². The Morgan fingerprint density at radius 2 is 2.33 bits per heavy atom. The summed E-state index contributed by atoms with van der Waals surface area (Å²) in [5.41, 5.74) is 0. The summed E-state index contributed by atoms with van der Waals surface area (Å²) in [7, 11) is 0. The Morgan fingerprint density at radius 3 is 3.00 bits per heavy atom. The minimum atomic E-state index is 0.781. The molecule has 2 atom stereocenters. The number of nitrogens with one attached hydrogen (secondary N) is 1. The largest absolute Gasteiger partial charge is 0.314 e. The van der Waals surface area contributed by atoms with E-state index >= 15 is 0 Å². The van der Waals surface area contributed by atoms with Crippen LogP contribution in [0.3, 0.4) is 0 Å². The van der Waals surface area contributed by atoms with E-state index in [0.717, 1.165) is 18.5 Å². The Hall–Kier alpha value is 0.140. The molecular formula is C12H18BrNS. The molecule has 2 unspecified atom stereocenters. The normalized spacial score (nSPS) is 26.0. The van der Waals surface area contributed by atoms with Gasteiger partial charge in [0.15, 0.2) is 0 Å². The van der Waals surface area contributed by atoms with Crippen molar-refractivity contribution in [2.75, 3.05) is 6.54 Å². The van der Waals surface area contributed by atoms with Crippen LogP contribution in [0.15, 0.2) is 15.9 Å². The van der Waals surface area contributed by atoms with Crippen molar-refractivity contribution in [3.63, 3.8) is 0 Å². The summed E-state index contributed by atoms with van der Waals surface area (Å²) in [6.07, 6.45) is 5.40. The van der Waals surface area contributed by atoms with Gasteiger partial charge in [-0.1, -0.05) is 6.92 Å². The maximum absolute atomic E-state index is 3.56. The molecule has 0 aromatic carbocycles. The predicted octanol–water partition coefficient (Wildman–Crippen LogP) is 3.83. The molecule has 0 bridgehead atoms. The summed E-state index contributed by atoms with van der Waals surface area (Å²) in [6, 6.07) is 5.20. The Morgan fingerprint density at radius 1 is 1.47 bits per heavy atom. The van der Waals surface area contributed by atoms with Crippen molar-refractivity contribution >= 4 is 27.3 Å². The fraction of sp³-hybridized carbons (Fsp3) is 0.667. The molecule has 1 nitrogen and oxygen atoms in total. The average molecular weight is 288 g/mol. The molecule has 3 heteroatoms. The first-order valence-corrected chi connectivity index (χ1v) is 7.36. The molecule has 1 N–H and O–H groups in total. The van der Waals surface area contributed by atoms with Crippen molar-refractivity contribution in [2.24, 2.45) is 5.92 Å². The molecule has 15 heavy (non-hydrogen) atoms. The molecule has 1 aliphatic carbocycles. The van der Waals surface area contributed by atoms with Crippen molar-refractivity contribution in [3.8, 4) is 0 Å². The van der Waals surface area contributed by atoms with Crippen LogP contribution in [0.4, 0.5) is 0 Å². The molecule has 84 valence electrons. The highest BCUT2D eigenvalue weighted by atomic mass is 79.9. The van der Waals surface area contributed by atoms with Gasteiger partial charge in [-0.2, -0.15) is 0 Å². The van der Waals surface area contributed by atoms with Gasteiger partial charge in [-0.15, -0.1) is 11.3 Å². The summed E-state index contributed by atoms with van der Waals surface area (Å²) < 4.78 is 1.26. The summed E-state index contributed by atoms with van der Waals surface area (Å²) in [5.74, 6) is 0.902. The number of halogens is 1. The molecule has 1 aliphatic rings. The lowest BCUT2D eigenvalue weighted by atomic mass is 10.0. The highest BCUT2D eigenvalue weighted by Gasteiger charge is 2.24. The van der Waals surface area contributed by atoms with Gasteiger partial charge in [-0.3, -0.25) is 0 Å². The van der Waals surface area contributed by atoms with Gasteiger partial charge in [0.1, 0.15) is 0 Å². The molecule has 0 radical (unpaired) electrons. The zero-order valence-electron chi connectivity index (χ0n) is 9.13. The fourth-order valence-corrected chi connectivity index (χ4v) is 4.08. The van der Waals surface area contributed by atoms with E-state index in [1.807, 2.05) is 11.3 Å². The maximum Gasteiger partial charge on any atom is 0.0701 e. The minimum Gasteiger partial charge on any atom is -0.314 e. The van der Waals surface area contributed by atoms with Crippen molar-refractivity contribution in [2.45, 2.75) is 38.6 Å². The van der Waals surface area contributed by atoms with Crippen LogP contribution in [0.5, 0.6) is 0 Å². The van der Waals surface area contributed by atoms with Gasteiger partial charge in [0, 0.05) is 10.9 Å². The van der Waals surface area contributed by atoms with Crippen LogP contribution < -0.4 is 5.32 Å². The zero-order valence-corrected chi connectivity index (χ0v) is 11.5. The summed E-state index contributed by atoms with van der Waals surface area (Å²) in [4.78, 5) is 1.53. The summed E-state index contributed by atoms with van der Waals surface area (Å²) in [6.45, 7) is 3.31. The molecule has 0 saturated heterocycles. The van der Waals surface area contributed by atoms with Gasteiger partial charge in [-0.05, 0) is 66.2 Å². The lowest BCUT2D eigenvalue weighted by Gasteiger charge is -2.10. The van der Waals surface area contributed by atoms with Crippen LogP contribution in [0.1, 0.15) is 31.1 Å². The highest BCUT2D eigenvalue weighted by Crippen LogP contribution is 2.32. The molecule has 1 fully saturated rings. The van der Waals surface area contributed by atoms with E-state index < -0.39 is 0 Å². The topological polar surface area (TPSA) is 12.0 Å². The monoisotopic (exact) mass is 287 g/mol. The van der Waals surface area contributed by atoms with Crippen molar-refractivity contribution < 1.29 is 0 Å². The third-order valence-corrected chi connectivity index (χ3v) is 4.80. The van der Waals surface area contributed by atoms with Gasteiger partial charge in [-0.25, -0.2) is 0 Å². The van der Waals surface area contributed by atoms with Crippen molar-refractivity contribution in [1.29, 1.82) is 0 Å². The standard InChI is InChI=1S/C12H18BrNS/c1-2-14-10-4-3-9(7-10)8-11-5-6-12(13)15-11/h5-6,9-10,14H,2-4,7-8H2,1H3. The second-order valence-corrected chi connectivity index (χ2v) is 6.89. The van der Waals surface area contributed by atoms with E-state index in [0.29, 0.717) is 0 Å². The SMILES string of the molecule is CCNC1CCC(Cc2ccc(Br)s2)C1. The Labute approximate surface area is 104 Å². The van der Waals surface area contributed by atoms with Gasteiger partial charge >= 0.3 is 0 Å². The first-order valence-electron chi connectivity index (χ1n) is 5.75. The third-order valence-electron chi connectivity index (χ3n) is 3.15. The van der Waals surface area contributed by atoms with Crippen LogP contribution in [0.25, 0.3) is 0 Å². The maximum atomic E-state index is 3.56. The van der Waals surface area contributed by atoms with Gasteiger partial charge < -0.3 is 5.32 Å².